The van der Waals surface area contributed by atoms with Gasteiger partial charge in [-0.3, -0.25) is 0 Å². The van der Waals surface area contributed by atoms with Crippen LogP contribution >= 0.6 is 0 Å². The topological polar surface area (TPSA) is 32.7 Å². The molecule has 0 spiro atoms. The number of rotatable bonds is 12. The second-order valence-corrected chi connectivity index (χ2v) is 8.61. The van der Waals surface area contributed by atoms with E-state index in [9.17, 15) is 9.50 Å². The number of nitrogens with zero attached hydrogens (tertiary/aromatic N) is 1. The first-order chi connectivity index (χ1) is 15.9. The van der Waals surface area contributed by atoms with Gasteiger partial charge in [0, 0.05) is 6.54 Å². The zero-order chi connectivity index (χ0) is 23.7. The Morgan fingerprint density at radius 3 is 2.00 bits per heavy atom. The van der Waals surface area contributed by atoms with Gasteiger partial charge in [0.15, 0.2) is 0 Å². The summed E-state index contributed by atoms with van der Waals surface area (Å²) in [5, 5.41) is 11.8. The summed E-state index contributed by atoms with van der Waals surface area (Å²) < 4.78 is 19.5. The highest BCUT2D eigenvalue weighted by molar-refractivity contribution is 5.39. The summed E-state index contributed by atoms with van der Waals surface area (Å²) in [6.07, 6.45) is 2.21. The van der Waals surface area contributed by atoms with Gasteiger partial charge in [-0.05, 0) is 80.2 Å². The molecule has 0 aromatic heterocycles. The molecule has 3 nitrogen and oxygen atoms in total. The van der Waals surface area contributed by atoms with Crippen molar-refractivity contribution in [3.63, 3.8) is 0 Å². The van der Waals surface area contributed by atoms with Crippen LogP contribution in [0.3, 0.4) is 0 Å². The molecule has 0 radical (unpaired) electrons. The van der Waals surface area contributed by atoms with Crippen LogP contribution in [0.2, 0.25) is 0 Å². The van der Waals surface area contributed by atoms with Crippen LogP contribution in [-0.4, -0.2) is 36.2 Å². The number of aliphatic hydroxyl groups is 1. The van der Waals surface area contributed by atoms with Gasteiger partial charge in [0.1, 0.15) is 23.8 Å². The summed E-state index contributed by atoms with van der Waals surface area (Å²) in [6.45, 7) is 9.89. The van der Waals surface area contributed by atoms with Crippen molar-refractivity contribution >= 4 is 0 Å². The van der Waals surface area contributed by atoms with E-state index in [1.807, 2.05) is 24.3 Å². The fourth-order valence-electron chi connectivity index (χ4n) is 4.14. The van der Waals surface area contributed by atoms with Crippen LogP contribution in [0.4, 0.5) is 4.39 Å². The van der Waals surface area contributed by atoms with E-state index in [0.717, 1.165) is 43.8 Å². The molecule has 176 valence electrons. The molecule has 0 saturated heterocycles. The largest absolute Gasteiger partial charge is 0.492 e. The number of ether oxygens (including phenoxy) is 1. The molecular formula is C29H36FNO2. The Morgan fingerprint density at radius 2 is 1.42 bits per heavy atom. The molecule has 1 N–H and O–H groups in total. The van der Waals surface area contributed by atoms with Gasteiger partial charge in [0.2, 0.25) is 0 Å². The van der Waals surface area contributed by atoms with Crippen molar-refractivity contribution < 1.29 is 14.2 Å². The first kappa shape index (κ1) is 24.9. The molecule has 0 saturated carbocycles. The number of halogens is 1. The van der Waals surface area contributed by atoms with Gasteiger partial charge >= 0.3 is 0 Å². The van der Waals surface area contributed by atoms with Gasteiger partial charge in [0.05, 0.1) is 0 Å². The molecule has 3 aromatic rings. The first-order valence-electron chi connectivity index (χ1n) is 11.9. The lowest BCUT2D eigenvalue weighted by Crippen LogP contribution is -2.28. The molecule has 0 heterocycles. The fraction of sp³-hybridized carbons (Fsp3) is 0.379. The van der Waals surface area contributed by atoms with E-state index in [1.54, 1.807) is 12.1 Å². The highest BCUT2D eigenvalue weighted by Gasteiger charge is 2.31. The average molecular weight is 450 g/mol. The smallest absolute Gasteiger partial charge is 0.123 e. The second-order valence-electron chi connectivity index (χ2n) is 8.61. The minimum Gasteiger partial charge on any atom is -0.492 e. The molecule has 0 aliphatic carbocycles. The van der Waals surface area contributed by atoms with Gasteiger partial charge in [0.25, 0.3) is 0 Å². The monoisotopic (exact) mass is 449 g/mol. The summed E-state index contributed by atoms with van der Waals surface area (Å²) >= 11 is 0. The van der Waals surface area contributed by atoms with E-state index in [1.165, 1.54) is 23.3 Å². The quantitative estimate of drug-likeness (QED) is 0.362. The molecule has 0 aliphatic rings. The third-order valence-electron chi connectivity index (χ3n) is 6.35. The molecule has 3 rings (SSSR count). The Balaban J connectivity index is 1.73. The Hall–Kier alpha value is -2.69. The van der Waals surface area contributed by atoms with Gasteiger partial charge in [-0.15, -0.1) is 0 Å². The molecule has 0 amide bonds. The summed E-state index contributed by atoms with van der Waals surface area (Å²) in [7, 11) is 0. The number of hydrogen-bond donors (Lipinski definition) is 1. The maximum atomic E-state index is 13.6. The Kier molecular flexibility index (Phi) is 9.04. The maximum absolute atomic E-state index is 13.6. The predicted molar refractivity (Wildman–Crippen MR) is 133 cm³/mol. The number of aryl methyl sites for hydroxylation is 2. The Bertz CT molecular complexity index is 966. The van der Waals surface area contributed by atoms with E-state index in [-0.39, 0.29) is 5.82 Å². The number of hydrogen-bond acceptors (Lipinski definition) is 3. The fourth-order valence-corrected chi connectivity index (χ4v) is 4.14. The van der Waals surface area contributed by atoms with Crippen molar-refractivity contribution in [3.8, 4) is 5.75 Å². The van der Waals surface area contributed by atoms with Crippen molar-refractivity contribution in [3.05, 3.63) is 101 Å². The zero-order valence-electron chi connectivity index (χ0n) is 20.1. The van der Waals surface area contributed by atoms with Crippen LogP contribution in [0.1, 0.15) is 48.9 Å². The molecule has 0 bridgehead atoms. The van der Waals surface area contributed by atoms with Crippen molar-refractivity contribution in [2.45, 2.75) is 45.6 Å². The highest BCUT2D eigenvalue weighted by atomic mass is 19.1. The van der Waals surface area contributed by atoms with Crippen molar-refractivity contribution in [2.75, 3.05) is 26.2 Å². The second kappa shape index (κ2) is 12.0. The van der Waals surface area contributed by atoms with E-state index in [0.29, 0.717) is 18.6 Å². The molecule has 1 unspecified atom stereocenters. The van der Waals surface area contributed by atoms with Gasteiger partial charge in [-0.25, -0.2) is 4.39 Å². The molecular weight excluding hydrogens is 413 g/mol. The number of benzene rings is 3. The maximum Gasteiger partial charge on any atom is 0.123 e. The molecule has 33 heavy (non-hydrogen) atoms. The lowest BCUT2D eigenvalue weighted by molar-refractivity contribution is 0.0686. The van der Waals surface area contributed by atoms with E-state index >= 15 is 0 Å². The normalized spacial score (nSPS) is 13.2. The third kappa shape index (κ3) is 6.89. The first-order valence-corrected chi connectivity index (χ1v) is 11.9. The molecule has 1 atom stereocenters. The molecule has 3 aromatic carbocycles. The summed E-state index contributed by atoms with van der Waals surface area (Å²) in [5.74, 6) is 0.477. The summed E-state index contributed by atoms with van der Waals surface area (Å²) in [6, 6.07) is 22.3. The minimum atomic E-state index is -1.20. The van der Waals surface area contributed by atoms with Gasteiger partial charge < -0.3 is 14.7 Å². The lowest BCUT2D eigenvalue weighted by atomic mass is 9.82. The van der Waals surface area contributed by atoms with Crippen molar-refractivity contribution in [2.24, 2.45) is 0 Å². The van der Waals surface area contributed by atoms with Crippen molar-refractivity contribution in [1.82, 2.24) is 4.90 Å². The predicted octanol–water partition coefficient (Wildman–Crippen LogP) is 6.11. The minimum absolute atomic E-state index is 0.308. The lowest BCUT2D eigenvalue weighted by Gasteiger charge is -2.30. The van der Waals surface area contributed by atoms with Crippen LogP contribution in [0.5, 0.6) is 5.75 Å². The van der Waals surface area contributed by atoms with E-state index in [2.05, 4.69) is 49.9 Å². The van der Waals surface area contributed by atoms with Crippen LogP contribution in [-0.2, 0) is 12.0 Å². The summed E-state index contributed by atoms with van der Waals surface area (Å²) in [5.41, 5.74) is 2.77. The molecule has 0 aliphatic heterocycles. The van der Waals surface area contributed by atoms with E-state index < -0.39 is 5.60 Å². The van der Waals surface area contributed by atoms with Crippen LogP contribution in [0, 0.1) is 12.7 Å². The molecule has 4 heteroatoms. The van der Waals surface area contributed by atoms with Crippen molar-refractivity contribution in [1.29, 1.82) is 0 Å². The van der Waals surface area contributed by atoms with Crippen LogP contribution in [0.25, 0.3) is 0 Å². The third-order valence-corrected chi connectivity index (χ3v) is 6.35. The van der Waals surface area contributed by atoms with Crippen LogP contribution in [0.15, 0.2) is 72.8 Å². The molecule has 0 fully saturated rings. The standard InChI is InChI=1S/C29H36FNO2/c1-4-31(5-2)21-22-33-28-18-14-26(15-19-28)29(32,25-12-16-27(30)17-13-25)20-6-7-24-10-8-23(3)9-11-24/h8-19,32H,4-7,20-22H2,1-3H3. The Morgan fingerprint density at radius 1 is 0.848 bits per heavy atom. The van der Waals surface area contributed by atoms with E-state index in [4.69, 9.17) is 4.74 Å². The zero-order valence-corrected chi connectivity index (χ0v) is 20.1. The summed E-state index contributed by atoms with van der Waals surface area (Å²) in [4.78, 5) is 2.32. The van der Waals surface area contributed by atoms with Crippen LogP contribution < -0.4 is 4.74 Å². The average Bonchev–Trinajstić information content (AvgIpc) is 2.84. The van der Waals surface area contributed by atoms with Gasteiger partial charge in [-0.1, -0.05) is 67.9 Å². The van der Waals surface area contributed by atoms with Gasteiger partial charge in [-0.2, -0.15) is 0 Å². The highest BCUT2D eigenvalue weighted by Crippen LogP contribution is 2.35. The Labute approximate surface area is 197 Å². The number of likely N-dealkylation sites (N-methyl/N-ethyl adjacent to an activating group) is 1. The SMILES string of the molecule is CCN(CC)CCOc1ccc(C(O)(CCCc2ccc(C)cc2)c2ccc(F)cc2)cc1.